The topological polar surface area (TPSA) is 9.23 Å². The van der Waals surface area contributed by atoms with Crippen LogP contribution < -0.4 is 4.74 Å². The van der Waals surface area contributed by atoms with E-state index in [1.807, 2.05) is 24.3 Å². The van der Waals surface area contributed by atoms with E-state index >= 15 is 0 Å². The van der Waals surface area contributed by atoms with Gasteiger partial charge < -0.3 is 4.74 Å². The highest BCUT2D eigenvalue weighted by atomic mass is 79.9. The Morgan fingerprint density at radius 3 is 2.78 bits per heavy atom. The molecule has 0 amide bonds. The molecule has 1 aliphatic carbocycles. The zero-order chi connectivity index (χ0) is 12.8. The summed E-state index contributed by atoms with van der Waals surface area (Å²) in [4.78, 5) is 0. The fourth-order valence-corrected chi connectivity index (χ4v) is 4.01. The Morgan fingerprint density at radius 1 is 1.28 bits per heavy atom. The average molecular weight is 329 g/mol. The summed E-state index contributed by atoms with van der Waals surface area (Å²) in [6.07, 6.45) is 5.62. The number of thioether (sulfide) groups is 1. The van der Waals surface area contributed by atoms with Crippen molar-refractivity contribution < 1.29 is 4.74 Å². The molecule has 2 atom stereocenters. The van der Waals surface area contributed by atoms with Crippen molar-refractivity contribution in [2.24, 2.45) is 5.92 Å². The van der Waals surface area contributed by atoms with Crippen molar-refractivity contribution in [3.05, 3.63) is 28.7 Å². The number of ether oxygens (including phenoxy) is 1. The van der Waals surface area contributed by atoms with Crippen LogP contribution in [0.25, 0.3) is 0 Å². The molecule has 100 valence electrons. The van der Waals surface area contributed by atoms with E-state index in [0.717, 1.165) is 33.7 Å². The predicted octanol–water partition coefficient (Wildman–Crippen LogP) is 5.14. The van der Waals surface area contributed by atoms with Crippen molar-refractivity contribution in [1.82, 2.24) is 0 Å². The summed E-state index contributed by atoms with van der Waals surface area (Å²) in [5, 5.41) is 0.863. The Balaban J connectivity index is 1.62. The van der Waals surface area contributed by atoms with E-state index in [9.17, 15) is 0 Å². The Labute approximate surface area is 123 Å². The second kappa shape index (κ2) is 7.44. The van der Waals surface area contributed by atoms with E-state index in [-0.39, 0.29) is 0 Å². The smallest absolute Gasteiger partial charge is 0.119 e. The van der Waals surface area contributed by atoms with Gasteiger partial charge in [0.05, 0.1) is 6.61 Å². The van der Waals surface area contributed by atoms with Crippen LogP contribution in [0.5, 0.6) is 5.75 Å². The molecule has 1 fully saturated rings. The fraction of sp³-hybridized carbons (Fsp3) is 0.600. The molecule has 0 aromatic heterocycles. The van der Waals surface area contributed by atoms with Crippen LogP contribution in [0.4, 0.5) is 0 Å². The number of rotatable bonds is 5. The number of benzene rings is 1. The summed E-state index contributed by atoms with van der Waals surface area (Å²) >= 11 is 5.51. The van der Waals surface area contributed by atoms with Crippen LogP contribution >= 0.6 is 27.7 Å². The maximum Gasteiger partial charge on any atom is 0.119 e. The fourth-order valence-electron chi connectivity index (χ4n) is 2.43. The molecule has 2 rings (SSSR count). The molecule has 0 saturated heterocycles. The van der Waals surface area contributed by atoms with Crippen molar-refractivity contribution in [3.63, 3.8) is 0 Å². The van der Waals surface area contributed by atoms with E-state index < -0.39 is 0 Å². The third kappa shape index (κ3) is 4.85. The van der Waals surface area contributed by atoms with Gasteiger partial charge in [0.15, 0.2) is 0 Å². The first-order chi connectivity index (χ1) is 8.74. The predicted molar refractivity (Wildman–Crippen MR) is 83.5 cm³/mol. The van der Waals surface area contributed by atoms with Crippen molar-refractivity contribution >= 4 is 27.7 Å². The highest BCUT2D eigenvalue weighted by Gasteiger charge is 2.18. The average Bonchev–Trinajstić information content (AvgIpc) is 2.37. The molecule has 18 heavy (non-hydrogen) atoms. The van der Waals surface area contributed by atoms with Crippen molar-refractivity contribution in [3.8, 4) is 5.75 Å². The largest absolute Gasteiger partial charge is 0.493 e. The summed E-state index contributed by atoms with van der Waals surface area (Å²) in [7, 11) is 0. The summed E-state index contributed by atoms with van der Waals surface area (Å²) in [6, 6.07) is 8.06. The highest BCUT2D eigenvalue weighted by Crippen LogP contribution is 2.31. The van der Waals surface area contributed by atoms with Crippen LogP contribution in [0.3, 0.4) is 0 Å². The van der Waals surface area contributed by atoms with Gasteiger partial charge >= 0.3 is 0 Å². The van der Waals surface area contributed by atoms with Gasteiger partial charge in [0.25, 0.3) is 0 Å². The van der Waals surface area contributed by atoms with Crippen LogP contribution in [0.1, 0.15) is 32.6 Å². The molecule has 0 spiro atoms. The number of halogens is 1. The summed E-state index contributed by atoms with van der Waals surface area (Å²) < 4.78 is 6.83. The molecule has 0 bridgehead atoms. The number of hydrogen-bond acceptors (Lipinski definition) is 2. The molecule has 1 nitrogen and oxygen atoms in total. The maximum atomic E-state index is 5.74. The van der Waals surface area contributed by atoms with Crippen LogP contribution in [-0.2, 0) is 0 Å². The Hall–Kier alpha value is -0.150. The summed E-state index contributed by atoms with van der Waals surface area (Å²) in [5.41, 5.74) is 0. The summed E-state index contributed by atoms with van der Waals surface area (Å²) in [6.45, 7) is 3.20. The minimum atomic E-state index is 0.817. The van der Waals surface area contributed by atoms with E-state index in [4.69, 9.17) is 4.74 Å². The molecule has 1 aromatic rings. The van der Waals surface area contributed by atoms with Gasteiger partial charge in [0.1, 0.15) is 5.75 Å². The molecule has 1 aromatic carbocycles. The lowest BCUT2D eigenvalue weighted by Crippen LogP contribution is -2.16. The summed E-state index contributed by atoms with van der Waals surface area (Å²) in [5.74, 6) is 2.99. The molecule has 0 N–H and O–H groups in total. The van der Waals surface area contributed by atoms with Gasteiger partial charge in [-0.15, -0.1) is 0 Å². The van der Waals surface area contributed by atoms with Crippen LogP contribution in [0, 0.1) is 5.92 Å². The molecular weight excluding hydrogens is 308 g/mol. The zero-order valence-electron chi connectivity index (χ0n) is 10.9. The molecular formula is C15H21BrOS. The highest BCUT2D eigenvalue weighted by molar-refractivity contribution is 9.10. The Kier molecular flexibility index (Phi) is 5.90. The van der Waals surface area contributed by atoms with E-state index in [0.29, 0.717) is 0 Å². The lowest BCUT2D eigenvalue weighted by atomic mass is 9.91. The quantitative estimate of drug-likeness (QED) is 0.692. The normalized spacial score (nSPS) is 23.9. The zero-order valence-corrected chi connectivity index (χ0v) is 13.3. The monoisotopic (exact) mass is 328 g/mol. The lowest BCUT2D eigenvalue weighted by molar-refractivity contribution is 0.342. The molecule has 1 aliphatic rings. The first-order valence-corrected chi connectivity index (χ1v) is 8.58. The van der Waals surface area contributed by atoms with Crippen LogP contribution in [-0.4, -0.2) is 17.6 Å². The molecule has 0 aliphatic heterocycles. The minimum absolute atomic E-state index is 0.817. The molecule has 2 unspecified atom stereocenters. The number of hydrogen-bond donors (Lipinski definition) is 0. The Bertz CT molecular complexity index is 352. The first-order valence-electron chi connectivity index (χ1n) is 6.74. The SMILES string of the molecule is CC1CCCC(SCCOc2ccc(Br)cc2)C1. The van der Waals surface area contributed by atoms with Gasteiger partial charge in [-0.3, -0.25) is 0 Å². The minimum Gasteiger partial charge on any atom is -0.493 e. The van der Waals surface area contributed by atoms with Gasteiger partial charge in [0, 0.05) is 15.5 Å². The second-order valence-electron chi connectivity index (χ2n) is 5.07. The molecule has 3 heteroatoms. The maximum absolute atomic E-state index is 5.74. The second-order valence-corrected chi connectivity index (χ2v) is 7.39. The lowest BCUT2D eigenvalue weighted by Gasteiger charge is -2.26. The van der Waals surface area contributed by atoms with Crippen LogP contribution in [0.15, 0.2) is 28.7 Å². The van der Waals surface area contributed by atoms with E-state index in [1.165, 1.54) is 25.7 Å². The van der Waals surface area contributed by atoms with Gasteiger partial charge in [-0.25, -0.2) is 0 Å². The van der Waals surface area contributed by atoms with Gasteiger partial charge in [-0.2, -0.15) is 11.8 Å². The Morgan fingerprint density at radius 2 is 2.06 bits per heavy atom. The molecule has 0 heterocycles. The van der Waals surface area contributed by atoms with Gasteiger partial charge in [0.2, 0.25) is 0 Å². The third-order valence-electron chi connectivity index (χ3n) is 3.41. The molecule has 0 radical (unpaired) electrons. The van der Waals surface area contributed by atoms with Gasteiger partial charge in [-0.05, 0) is 43.0 Å². The van der Waals surface area contributed by atoms with E-state index in [1.54, 1.807) is 0 Å². The first kappa shape index (κ1) is 14.3. The standard InChI is InChI=1S/C15H21BrOS/c1-12-3-2-4-15(11-12)18-10-9-17-14-7-5-13(16)6-8-14/h5-8,12,15H,2-4,9-11H2,1H3. The van der Waals surface area contributed by atoms with E-state index in [2.05, 4.69) is 34.6 Å². The molecule has 1 saturated carbocycles. The van der Waals surface area contributed by atoms with Crippen LogP contribution in [0.2, 0.25) is 0 Å². The van der Waals surface area contributed by atoms with Crippen molar-refractivity contribution in [1.29, 1.82) is 0 Å². The third-order valence-corrected chi connectivity index (χ3v) is 5.24. The van der Waals surface area contributed by atoms with Crippen molar-refractivity contribution in [2.45, 2.75) is 37.9 Å². The van der Waals surface area contributed by atoms with Gasteiger partial charge in [-0.1, -0.05) is 35.7 Å². The van der Waals surface area contributed by atoms with Crippen molar-refractivity contribution in [2.75, 3.05) is 12.4 Å².